The second kappa shape index (κ2) is 6.97. The van der Waals surface area contributed by atoms with E-state index in [0.717, 1.165) is 0 Å². The van der Waals surface area contributed by atoms with Crippen LogP contribution < -0.4 is 15.4 Å². The molecule has 0 aliphatic rings. The lowest BCUT2D eigenvalue weighted by Crippen LogP contribution is -2.38. The molecular formula is C10H16N4O2S. The van der Waals surface area contributed by atoms with Crippen molar-refractivity contribution in [2.24, 2.45) is 0 Å². The summed E-state index contributed by atoms with van der Waals surface area (Å²) in [6.07, 6.45) is 1.41. The number of methoxy groups -OCH3 is 2. The molecule has 0 amide bonds. The largest absolute Gasteiger partial charge is 0.481 e. The summed E-state index contributed by atoms with van der Waals surface area (Å²) < 4.78 is 9.98. The Kier molecular flexibility index (Phi) is 5.58. The van der Waals surface area contributed by atoms with E-state index in [0.29, 0.717) is 23.4 Å². The molecule has 0 saturated carbocycles. The van der Waals surface area contributed by atoms with Crippen LogP contribution in [-0.2, 0) is 4.74 Å². The molecule has 7 heteroatoms. The zero-order valence-corrected chi connectivity index (χ0v) is 10.9. The summed E-state index contributed by atoms with van der Waals surface area (Å²) in [7, 11) is 3.19. The van der Waals surface area contributed by atoms with Crippen LogP contribution in [-0.4, -0.2) is 41.9 Å². The van der Waals surface area contributed by atoms with E-state index in [4.69, 9.17) is 21.7 Å². The van der Waals surface area contributed by atoms with Gasteiger partial charge in [-0.25, -0.2) is 9.97 Å². The molecule has 0 fully saturated rings. The first kappa shape index (κ1) is 13.6. The highest BCUT2D eigenvalue weighted by Crippen LogP contribution is 2.09. The smallest absolute Gasteiger partial charge is 0.218 e. The van der Waals surface area contributed by atoms with Crippen LogP contribution in [0.4, 0.5) is 5.82 Å². The van der Waals surface area contributed by atoms with E-state index in [1.165, 1.54) is 6.33 Å². The van der Waals surface area contributed by atoms with Gasteiger partial charge < -0.3 is 20.1 Å². The van der Waals surface area contributed by atoms with E-state index in [1.807, 2.05) is 6.92 Å². The van der Waals surface area contributed by atoms with Gasteiger partial charge >= 0.3 is 0 Å². The molecule has 0 aliphatic heterocycles. The molecule has 1 heterocycles. The van der Waals surface area contributed by atoms with Crippen molar-refractivity contribution in [3.8, 4) is 5.88 Å². The average Bonchev–Trinajstić information content (AvgIpc) is 2.29. The number of hydrogen-bond donors (Lipinski definition) is 2. The summed E-state index contributed by atoms with van der Waals surface area (Å²) >= 11 is 5.13. The van der Waals surface area contributed by atoms with Crippen LogP contribution in [0.5, 0.6) is 5.88 Å². The molecule has 0 bridgehead atoms. The van der Waals surface area contributed by atoms with Gasteiger partial charge in [-0.2, -0.15) is 0 Å². The molecule has 0 spiro atoms. The molecule has 0 saturated heterocycles. The van der Waals surface area contributed by atoms with Crippen molar-refractivity contribution in [3.05, 3.63) is 12.4 Å². The van der Waals surface area contributed by atoms with Crippen molar-refractivity contribution in [2.75, 3.05) is 26.1 Å². The fraction of sp³-hybridized carbons (Fsp3) is 0.500. The highest BCUT2D eigenvalue weighted by Gasteiger charge is 2.05. The minimum atomic E-state index is 0.128. The zero-order valence-electron chi connectivity index (χ0n) is 10.1. The lowest BCUT2D eigenvalue weighted by molar-refractivity contribution is 0.179. The predicted molar refractivity (Wildman–Crippen MR) is 69.3 cm³/mol. The third-order valence-electron chi connectivity index (χ3n) is 1.89. The van der Waals surface area contributed by atoms with Crippen LogP contribution in [0.3, 0.4) is 0 Å². The van der Waals surface area contributed by atoms with Gasteiger partial charge in [-0.05, 0) is 19.1 Å². The van der Waals surface area contributed by atoms with E-state index in [1.54, 1.807) is 20.3 Å². The van der Waals surface area contributed by atoms with E-state index in [9.17, 15) is 0 Å². The molecule has 1 atom stereocenters. The maximum atomic E-state index is 5.13. The van der Waals surface area contributed by atoms with Crippen LogP contribution >= 0.6 is 12.2 Å². The Morgan fingerprint density at radius 1 is 1.47 bits per heavy atom. The van der Waals surface area contributed by atoms with Crippen molar-refractivity contribution in [2.45, 2.75) is 13.0 Å². The van der Waals surface area contributed by atoms with Gasteiger partial charge in [-0.15, -0.1) is 0 Å². The monoisotopic (exact) mass is 256 g/mol. The first-order valence-corrected chi connectivity index (χ1v) is 5.49. The number of nitrogens with one attached hydrogen (secondary N) is 2. The molecule has 0 radical (unpaired) electrons. The Morgan fingerprint density at radius 3 is 2.88 bits per heavy atom. The van der Waals surface area contributed by atoms with Crippen molar-refractivity contribution >= 4 is 23.1 Å². The normalized spacial score (nSPS) is 11.7. The van der Waals surface area contributed by atoms with E-state index >= 15 is 0 Å². The summed E-state index contributed by atoms with van der Waals surface area (Å²) in [5.41, 5.74) is 0. The summed E-state index contributed by atoms with van der Waals surface area (Å²) in [6, 6.07) is 1.79. The fourth-order valence-electron chi connectivity index (χ4n) is 1.19. The second-order valence-corrected chi connectivity index (χ2v) is 3.81. The van der Waals surface area contributed by atoms with Crippen molar-refractivity contribution in [3.63, 3.8) is 0 Å². The highest BCUT2D eigenvalue weighted by molar-refractivity contribution is 7.80. The fourth-order valence-corrected chi connectivity index (χ4v) is 1.49. The van der Waals surface area contributed by atoms with Crippen molar-refractivity contribution in [1.82, 2.24) is 15.3 Å². The lowest BCUT2D eigenvalue weighted by atomic mass is 10.4. The third-order valence-corrected chi connectivity index (χ3v) is 2.11. The number of anilines is 1. The second-order valence-electron chi connectivity index (χ2n) is 3.40. The molecular weight excluding hydrogens is 240 g/mol. The van der Waals surface area contributed by atoms with Gasteiger partial charge in [-0.3, -0.25) is 0 Å². The summed E-state index contributed by atoms with van der Waals surface area (Å²) in [5, 5.41) is 6.48. The van der Waals surface area contributed by atoms with Crippen LogP contribution in [0.15, 0.2) is 12.4 Å². The van der Waals surface area contributed by atoms with Crippen LogP contribution in [0, 0.1) is 0 Å². The molecule has 1 aromatic heterocycles. The number of rotatable bonds is 5. The summed E-state index contributed by atoms with van der Waals surface area (Å²) in [5.74, 6) is 1.06. The Morgan fingerprint density at radius 2 is 2.24 bits per heavy atom. The number of thiocarbonyl (C=S) groups is 1. The minimum Gasteiger partial charge on any atom is -0.481 e. The lowest BCUT2D eigenvalue weighted by Gasteiger charge is -2.15. The van der Waals surface area contributed by atoms with Gasteiger partial charge in [0.1, 0.15) is 12.1 Å². The van der Waals surface area contributed by atoms with Crippen LogP contribution in [0.2, 0.25) is 0 Å². The van der Waals surface area contributed by atoms with Gasteiger partial charge in [0.25, 0.3) is 0 Å². The topological polar surface area (TPSA) is 68.3 Å². The molecule has 0 aliphatic carbocycles. The number of ether oxygens (including phenoxy) is 2. The Balaban J connectivity index is 2.49. The van der Waals surface area contributed by atoms with Crippen LogP contribution in [0.25, 0.3) is 0 Å². The molecule has 2 N–H and O–H groups in total. The molecule has 0 unspecified atom stereocenters. The Labute approximate surface area is 106 Å². The van der Waals surface area contributed by atoms with Gasteiger partial charge in [0.2, 0.25) is 5.88 Å². The SMILES string of the molecule is COC[C@@H](C)NC(=S)Nc1cc(OC)ncn1. The maximum absolute atomic E-state index is 5.13. The molecule has 94 valence electrons. The van der Waals surface area contributed by atoms with Gasteiger partial charge in [0.05, 0.1) is 13.7 Å². The first-order valence-electron chi connectivity index (χ1n) is 5.08. The van der Waals surface area contributed by atoms with Gasteiger partial charge in [-0.1, -0.05) is 0 Å². The quantitative estimate of drug-likeness (QED) is 0.755. The van der Waals surface area contributed by atoms with E-state index in [2.05, 4.69) is 20.6 Å². The van der Waals surface area contributed by atoms with Gasteiger partial charge in [0.15, 0.2) is 5.11 Å². The highest BCUT2D eigenvalue weighted by atomic mass is 32.1. The summed E-state index contributed by atoms with van der Waals surface area (Å²) in [4.78, 5) is 7.92. The Bertz CT molecular complexity index is 375. The molecule has 1 rings (SSSR count). The zero-order chi connectivity index (χ0) is 12.7. The minimum absolute atomic E-state index is 0.128. The molecule has 6 nitrogen and oxygen atoms in total. The average molecular weight is 256 g/mol. The van der Waals surface area contributed by atoms with Gasteiger partial charge in [0, 0.05) is 19.2 Å². The molecule has 17 heavy (non-hydrogen) atoms. The molecule has 0 aromatic carbocycles. The van der Waals surface area contributed by atoms with E-state index in [-0.39, 0.29) is 6.04 Å². The first-order chi connectivity index (χ1) is 8.15. The predicted octanol–water partition coefficient (Wildman–Crippen LogP) is 0.806. The number of aromatic nitrogens is 2. The van der Waals surface area contributed by atoms with Crippen LogP contribution in [0.1, 0.15) is 6.92 Å². The molecule has 1 aromatic rings. The number of nitrogens with zero attached hydrogens (tertiary/aromatic N) is 2. The Hall–Kier alpha value is -1.47. The maximum Gasteiger partial charge on any atom is 0.218 e. The number of hydrogen-bond acceptors (Lipinski definition) is 5. The van der Waals surface area contributed by atoms with E-state index < -0.39 is 0 Å². The van der Waals surface area contributed by atoms with Crippen molar-refractivity contribution in [1.29, 1.82) is 0 Å². The summed E-state index contributed by atoms with van der Waals surface area (Å²) in [6.45, 7) is 2.55. The standard InChI is InChI=1S/C10H16N4O2S/c1-7(5-15-2)13-10(17)14-8-4-9(16-3)12-6-11-8/h4,6-7H,5H2,1-3H3,(H2,11,12,13,14,17)/t7-/m1/s1. The third kappa shape index (κ3) is 4.92. The van der Waals surface area contributed by atoms with Crippen molar-refractivity contribution < 1.29 is 9.47 Å².